The molecule has 0 fully saturated rings. The van der Waals surface area contributed by atoms with E-state index in [-0.39, 0.29) is 21.8 Å². The van der Waals surface area contributed by atoms with E-state index in [9.17, 15) is 23.3 Å². The second-order valence-corrected chi connectivity index (χ2v) is 8.94. The molecule has 3 rings (SSSR count). The zero-order chi connectivity index (χ0) is 23.5. The third kappa shape index (κ3) is 4.74. The lowest BCUT2D eigenvalue weighted by Crippen LogP contribution is -2.37. The minimum absolute atomic E-state index is 0.0524. The molecule has 0 atom stereocenters. The van der Waals surface area contributed by atoms with Crippen molar-refractivity contribution in [2.24, 2.45) is 0 Å². The molecule has 0 aliphatic rings. The third-order valence-corrected chi connectivity index (χ3v) is 6.55. The standard InChI is InChI=1S/C22H19ClN2O6S/c1-3-31-19-10-8-18(9-11-19)24(32(29,30)20-12-6-17(23)7-13-20)22(26)16-5-4-15(2)21(14-16)25(27)28/h4-14H,3H2,1-2H3. The maximum atomic E-state index is 13.5. The van der Waals surface area contributed by atoms with Crippen LogP contribution in [-0.2, 0) is 10.0 Å². The largest absolute Gasteiger partial charge is 0.494 e. The van der Waals surface area contributed by atoms with Gasteiger partial charge in [-0.05, 0) is 68.4 Å². The van der Waals surface area contributed by atoms with Crippen LogP contribution in [0.1, 0.15) is 22.8 Å². The van der Waals surface area contributed by atoms with Gasteiger partial charge in [0.05, 0.1) is 22.1 Å². The Bertz CT molecular complexity index is 1260. The number of nitro groups is 1. The molecule has 0 radical (unpaired) electrons. The Labute approximate surface area is 190 Å². The minimum Gasteiger partial charge on any atom is -0.494 e. The van der Waals surface area contributed by atoms with Gasteiger partial charge in [-0.3, -0.25) is 14.9 Å². The monoisotopic (exact) mass is 474 g/mol. The fourth-order valence-electron chi connectivity index (χ4n) is 2.98. The molecule has 3 aromatic carbocycles. The zero-order valence-corrected chi connectivity index (χ0v) is 18.8. The summed E-state index contributed by atoms with van der Waals surface area (Å²) in [5.41, 5.74) is -0.0311. The van der Waals surface area contributed by atoms with E-state index < -0.39 is 20.9 Å². The van der Waals surface area contributed by atoms with Crippen molar-refractivity contribution >= 4 is 38.9 Å². The predicted molar refractivity (Wildman–Crippen MR) is 121 cm³/mol. The van der Waals surface area contributed by atoms with Gasteiger partial charge in [0.15, 0.2) is 0 Å². The molecule has 1 amide bonds. The molecule has 0 aromatic heterocycles. The van der Waals surface area contributed by atoms with Crippen LogP contribution in [0.2, 0.25) is 5.02 Å². The molecule has 0 unspecified atom stereocenters. The van der Waals surface area contributed by atoms with Crippen molar-refractivity contribution in [2.45, 2.75) is 18.7 Å². The SMILES string of the molecule is CCOc1ccc(N(C(=O)c2ccc(C)c([N+](=O)[O-])c2)S(=O)(=O)c2ccc(Cl)cc2)cc1. The van der Waals surface area contributed by atoms with Crippen molar-refractivity contribution in [3.05, 3.63) is 93.0 Å². The Morgan fingerprint density at radius 3 is 2.25 bits per heavy atom. The van der Waals surface area contributed by atoms with Gasteiger partial charge in [0.1, 0.15) is 5.75 Å². The molecule has 0 N–H and O–H groups in total. The van der Waals surface area contributed by atoms with E-state index in [2.05, 4.69) is 0 Å². The van der Waals surface area contributed by atoms with Crippen molar-refractivity contribution < 1.29 is 22.9 Å². The molecule has 10 heteroatoms. The van der Waals surface area contributed by atoms with Crippen molar-refractivity contribution in [3.8, 4) is 5.75 Å². The fraction of sp³-hybridized carbons (Fsp3) is 0.136. The van der Waals surface area contributed by atoms with Crippen LogP contribution < -0.4 is 9.04 Å². The predicted octanol–water partition coefficient (Wildman–Crippen LogP) is 4.99. The maximum absolute atomic E-state index is 13.5. The number of hydrogen-bond acceptors (Lipinski definition) is 6. The second-order valence-electron chi connectivity index (χ2n) is 6.71. The van der Waals surface area contributed by atoms with E-state index >= 15 is 0 Å². The highest BCUT2D eigenvalue weighted by Gasteiger charge is 2.33. The van der Waals surface area contributed by atoms with Gasteiger partial charge in [-0.1, -0.05) is 17.7 Å². The number of ether oxygens (including phenoxy) is 1. The van der Waals surface area contributed by atoms with Crippen LogP contribution in [0.3, 0.4) is 0 Å². The number of benzene rings is 3. The van der Waals surface area contributed by atoms with E-state index in [1.807, 2.05) is 0 Å². The number of amides is 1. The summed E-state index contributed by atoms with van der Waals surface area (Å²) in [4.78, 5) is 23.9. The number of carbonyl (C=O) groups is 1. The Hall–Kier alpha value is -3.43. The first-order valence-electron chi connectivity index (χ1n) is 9.48. The summed E-state index contributed by atoms with van der Waals surface area (Å²) >= 11 is 5.87. The normalized spacial score (nSPS) is 11.1. The molecule has 0 spiro atoms. The Balaban J connectivity index is 2.16. The summed E-state index contributed by atoms with van der Waals surface area (Å²) in [5, 5.41) is 11.7. The highest BCUT2D eigenvalue weighted by molar-refractivity contribution is 7.93. The van der Waals surface area contributed by atoms with Gasteiger partial charge in [-0.25, -0.2) is 8.42 Å². The average Bonchev–Trinajstić information content (AvgIpc) is 2.75. The molecule has 0 aliphatic carbocycles. The van der Waals surface area contributed by atoms with E-state index in [4.69, 9.17) is 16.3 Å². The van der Waals surface area contributed by atoms with Crippen LogP contribution in [0, 0.1) is 17.0 Å². The van der Waals surface area contributed by atoms with Crippen molar-refractivity contribution in [1.82, 2.24) is 0 Å². The molecule has 0 heterocycles. The second kappa shape index (κ2) is 9.37. The maximum Gasteiger partial charge on any atom is 0.273 e. The highest BCUT2D eigenvalue weighted by Crippen LogP contribution is 2.30. The fourth-order valence-corrected chi connectivity index (χ4v) is 4.52. The molecule has 166 valence electrons. The molecule has 0 saturated carbocycles. The lowest BCUT2D eigenvalue weighted by Gasteiger charge is -2.23. The van der Waals surface area contributed by atoms with E-state index in [1.54, 1.807) is 6.92 Å². The molecule has 0 bridgehead atoms. The summed E-state index contributed by atoms with van der Waals surface area (Å²) in [5.74, 6) is -0.439. The molecule has 0 aliphatic heterocycles. The first-order chi connectivity index (χ1) is 15.1. The lowest BCUT2D eigenvalue weighted by molar-refractivity contribution is -0.385. The smallest absolute Gasteiger partial charge is 0.273 e. The number of rotatable bonds is 7. The van der Waals surface area contributed by atoms with Gasteiger partial charge in [0, 0.05) is 22.2 Å². The number of halogens is 1. The first kappa shape index (κ1) is 23.2. The number of hydrogen-bond donors (Lipinski definition) is 0. The van der Waals surface area contributed by atoms with Crippen molar-refractivity contribution in [2.75, 3.05) is 10.9 Å². The number of carbonyl (C=O) groups excluding carboxylic acids is 1. The van der Waals surface area contributed by atoms with Crippen LogP contribution in [0.15, 0.2) is 71.6 Å². The number of nitrogens with zero attached hydrogens (tertiary/aromatic N) is 2. The van der Waals surface area contributed by atoms with Gasteiger partial charge >= 0.3 is 0 Å². The minimum atomic E-state index is -4.37. The van der Waals surface area contributed by atoms with Crippen LogP contribution in [0.5, 0.6) is 5.75 Å². The van der Waals surface area contributed by atoms with Crippen LogP contribution >= 0.6 is 11.6 Å². The molecule has 0 saturated heterocycles. The first-order valence-corrected chi connectivity index (χ1v) is 11.3. The third-order valence-electron chi connectivity index (χ3n) is 4.57. The van der Waals surface area contributed by atoms with Crippen LogP contribution in [0.25, 0.3) is 0 Å². The van der Waals surface area contributed by atoms with Crippen LogP contribution in [-0.4, -0.2) is 25.9 Å². The molecular formula is C22H19ClN2O6S. The molecule has 32 heavy (non-hydrogen) atoms. The van der Waals surface area contributed by atoms with Gasteiger partial charge in [-0.15, -0.1) is 0 Å². The van der Waals surface area contributed by atoms with Crippen molar-refractivity contribution in [1.29, 1.82) is 0 Å². The van der Waals surface area contributed by atoms with Gasteiger partial charge in [0.2, 0.25) is 0 Å². The zero-order valence-electron chi connectivity index (χ0n) is 17.2. The summed E-state index contributed by atoms with van der Waals surface area (Å²) < 4.78 is 32.9. The molecule has 8 nitrogen and oxygen atoms in total. The number of nitro benzene ring substituents is 1. The van der Waals surface area contributed by atoms with E-state index in [0.717, 1.165) is 6.07 Å². The highest BCUT2D eigenvalue weighted by atomic mass is 35.5. The Morgan fingerprint density at radius 2 is 1.69 bits per heavy atom. The van der Waals surface area contributed by atoms with E-state index in [1.165, 1.54) is 67.6 Å². The quantitative estimate of drug-likeness (QED) is 0.352. The van der Waals surface area contributed by atoms with Gasteiger partial charge < -0.3 is 4.74 Å². The number of aryl methyl sites for hydroxylation is 1. The van der Waals surface area contributed by atoms with Crippen LogP contribution in [0.4, 0.5) is 11.4 Å². The Morgan fingerprint density at radius 1 is 1.06 bits per heavy atom. The summed E-state index contributed by atoms with van der Waals surface area (Å²) in [6.45, 7) is 3.75. The summed E-state index contributed by atoms with van der Waals surface area (Å²) in [6, 6.07) is 15.1. The lowest BCUT2D eigenvalue weighted by atomic mass is 10.1. The number of sulfonamides is 1. The van der Waals surface area contributed by atoms with Gasteiger partial charge in [-0.2, -0.15) is 4.31 Å². The molecule has 3 aromatic rings. The summed E-state index contributed by atoms with van der Waals surface area (Å²) in [7, 11) is -4.37. The summed E-state index contributed by atoms with van der Waals surface area (Å²) in [6.07, 6.45) is 0. The topological polar surface area (TPSA) is 107 Å². The average molecular weight is 475 g/mol. The molecular weight excluding hydrogens is 456 g/mol. The van der Waals surface area contributed by atoms with Crippen molar-refractivity contribution in [3.63, 3.8) is 0 Å². The van der Waals surface area contributed by atoms with Gasteiger partial charge in [0.25, 0.3) is 21.6 Å². The Kier molecular flexibility index (Phi) is 6.81. The number of anilines is 1. The van der Waals surface area contributed by atoms with E-state index in [0.29, 0.717) is 27.2 Å².